The van der Waals surface area contributed by atoms with E-state index in [9.17, 15) is 0 Å². The van der Waals surface area contributed by atoms with E-state index in [1.54, 1.807) is 7.11 Å². The van der Waals surface area contributed by atoms with Crippen molar-refractivity contribution in [2.75, 3.05) is 7.11 Å². The Hall–Kier alpha value is -1.08. The van der Waals surface area contributed by atoms with Crippen LogP contribution in [0.3, 0.4) is 0 Å². The molecule has 0 aliphatic heterocycles. The third-order valence-electron chi connectivity index (χ3n) is 4.59. The molecule has 1 aliphatic rings. The standard InChI is InChI=1S/C19H28O/c1-3-4-5-6-16-7-11-18(12-8-16)19-13-9-17(10-14-19)15-20-2/h3-4,9-10,13-14,16,18H,5-8,11-12,15H2,1-2H3/b4-3+/t16-,18-. The second kappa shape index (κ2) is 8.26. The molecule has 1 fully saturated rings. The van der Waals surface area contributed by atoms with Crippen LogP contribution in [-0.4, -0.2) is 7.11 Å². The molecule has 0 saturated heterocycles. The normalized spacial score (nSPS) is 23.3. The number of hydrogen-bond donors (Lipinski definition) is 0. The van der Waals surface area contributed by atoms with E-state index in [0.29, 0.717) is 0 Å². The van der Waals surface area contributed by atoms with Gasteiger partial charge in [-0.2, -0.15) is 0 Å². The fourth-order valence-corrected chi connectivity index (χ4v) is 3.34. The van der Waals surface area contributed by atoms with Gasteiger partial charge in [0.05, 0.1) is 6.61 Å². The summed E-state index contributed by atoms with van der Waals surface area (Å²) in [6, 6.07) is 9.05. The number of benzene rings is 1. The van der Waals surface area contributed by atoms with Gasteiger partial charge in [0.1, 0.15) is 0 Å². The minimum absolute atomic E-state index is 0.720. The molecule has 0 N–H and O–H groups in total. The predicted molar refractivity (Wildman–Crippen MR) is 85.9 cm³/mol. The Balaban J connectivity index is 1.80. The van der Waals surface area contributed by atoms with E-state index < -0.39 is 0 Å². The molecule has 1 aliphatic carbocycles. The van der Waals surface area contributed by atoms with Gasteiger partial charge in [0, 0.05) is 7.11 Å². The average Bonchev–Trinajstić information content (AvgIpc) is 2.49. The monoisotopic (exact) mass is 272 g/mol. The summed E-state index contributed by atoms with van der Waals surface area (Å²) in [5.41, 5.74) is 2.80. The first-order valence-electron chi connectivity index (χ1n) is 8.02. The van der Waals surface area contributed by atoms with Gasteiger partial charge in [-0.3, -0.25) is 0 Å². The highest BCUT2D eigenvalue weighted by atomic mass is 16.5. The summed E-state index contributed by atoms with van der Waals surface area (Å²) in [4.78, 5) is 0. The minimum Gasteiger partial charge on any atom is -0.380 e. The molecule has 0 aromatic heterocycles. The second-order valence-corrected chi connectivity index (χ2v) is 6.04. The Morgan fingerprint density at radius 3 is 2.40 bits per heavy atom. The fraction of sp³-hybridized carbons (Fsp3) is 0.579. The van der Waals surface area contributed by atoms with Crippen molar-refractivity contribution in [2.24, 2.45) is 5.92 Å². The van der Waals surface area contributed by atoms with Crippen LogP contribution in [0.5, 0.6) is 0 Å². The van der Waals surface area contributed by atoms with E-state index in [4.69, 9.17) is 4.74 Å². The lowest BCUT2D eigenvalue weighted by molar-refractivity contribution is 0.185. The summed E-state index contributed by atoms with van der Waals surface area (Å²) in [7, 11) is 1.75. The molecule has 1 saturated carbocycles. The molecule has 2 rings (SSSR count). The van der Waals surface area contributed by atoms with E-state index in [1.165, 1.54) is 49.7 Å². The zero-order valence-electron chi connectivity index (χ0n) is 13.0. The molecule has 0 amide bonds. The highest BCUT2D eigenvalue weighted by Crippen LogP contribution is 2.37. The van der Waals surface area contributed by atoms with Gasteiger partial charge < -0.3 is 4.74 Å². The van der Waals surface area contributed by atoms with Crippen molar-refractivity contribution >= 4 is 0 Å². The van der Waals surface area contributed by atoms with Gasteiger partial charge in [0.2, 0.25) is 0 Å². The Labute approximate surface area is 124 Å². The first-order valence-corrected chi connectivity index (χ1v) is 8.02. The van der Waals surface area contributed by atoms with Crippen molar-refractivity contribution in [3.05, 3.63) is 47.5 Å². The minimum atomic E-state index is 0.720. The van der Waals surface area contributed by atoms with Crippen molar-refractivity contribution in [2.45, 2.75) is 58.0 Å². The van der Waals surface area contributed by atoms with Crippen molar-refractivity contribution in [3.8, 4) is 0 Å². The number of rotatable bonds is 6. The number of ether oxygens (including phenoxy) is 1. The maximum Gasteiger partial charge on any atom is 0.0713 e. The maximum absolute atomic E-state index is 5.17. The van der Waals surface area contributed by atoms with Gasteiger partial charge in [-0.15, -0.1) is 0 Å². The first-order chi connectivity index (χ1) is 9.83. The highest BCUT2D eigenvalue weighted by molar-refractivity contribution is 5.25. The zero-order chi connectivity index (χ0) is 14.2. The lowest BCUT2D eigenvalue weighted by Gasteiger charge is -2.28. The van der Waals surface area contributed by atoms with Crippen LogP contribution in [0.25, 0.3) is 0 Å². The molecule has 110 valence electrons. The molecule has 1 aromatic carbocycles. The lowest BCUT2D eigenvalue weighted by Crippen LogP contribution is -2.13. The third-order valence-corrected chi connectivity index (χ3v) is 4.59. The van der Waals surface area contributed by atoms with Crippen LogP contribution in [0.2, 0.25) is 0 Å². The van der Waals surface area contributed by atoms with Gasteiger partial charge in [-0.1, -0.05) is 36.4 Å². The first kappa shape index (κ1) is 15.3. The van der Waals surface area contributed by atoms with Crippen LogP contribution in [-0.2, 0) is 11.3 Å². The number of methoxy groups -OCH3 is 1. The SMILES string of the molecule is C/C=C/CC[C@H]1CC[C@H](c2ccc(COC)cc2)CC1. The Bertz CT molecular complexity index is 396. The molecule has 0 radical (unpaired) electrons. The Kier molecular flexibility index (Phi) is 6.32. The average molecular weight is 272 g/mol. The van der Waals surface area contributed by atoms with E-state index in [1.807, 2.05) is 0 Å². The number of allylic oxidation sites excluding steroid dienone is 2. The summed E-state index contributed by atoms with van der Waals surface area (Å²) in [5.74, 6) is 1.74. The molecular formula is C19H28O. The van der Waals surface area contributed by atoms with E-state index >= 15 is 0 Å². The fourth-order valence-electron chi connectivity index (χ4n) is 3.34. The lowest BCUT2D eigenvalue weighted by atomic mass is 9.77. The van der Waals surface area contributed by atoms with Crippen LogP contribution in [0, 0.1) is 5.92 Å². The topological polar surface area (TPSA) is 9.23 Å². The van der Waals surface area contributed by atoms with Gasteiger partial charge in [-0.25, -0.2) is 0 Å². The summed E-state index contributed by atoms with van der Waals surface area (Å²) in [6.45, 7) is 2.84. The van der Waals surface area contributed by atoms with Crippen LogP contribution in [0.15, 0.2) is 36.4 Å². The quantitative estimate of drug-likeness (QED) is 0.624. The summed E-state index contributed by atoms with van der Waals surface area (Å²) in [6.07, 6.45) is 12.7. The maximum atomic E-state index is 5.17. The molecular weight excluding hydrogens is 244 g/mol. The van der Waals surface area contributed by atoms with Crippen LogP contribution < -0.4 is 0 Å². The summed E-state index contributed by atoms with van der Waals surface area (Å²) in [5, 5.41) is 0. The Morgan fingerprint density at radius 2 is 1.80 bits per heavy atom. The van der Waals surface area contributed by atoms with Crippen LogP contribution >= 0.6 is 0 Å². The second-order valence-electron chi connectivity index (χ2n) is 6.04. The third kappa shape index (κ3) is 4.49. The molecule has 0 heterocycles. The molecule has 0 bridgehead atoms. The predicted octanol–water partition coefficient (Wildman–Crippen LogP) is 5.46. The van der Waals surface area contributed by atoms with Gasteiger partial charge in [0.15, 0.2) is 0 Å². The van der Waals surface area contributed by atoms with E-state index in [2.05, 4.69) is 43.3 Å². The number of hydrogen-bond acceptors (Lipinski definition) is 1. The van der Waals surface area contributed by atoms with E-state index in [0.717, 1.165) is 18.4 Å². The molecule has 0 spiro atoms. The molecule has 0 unspecified atom stereocenters. The molecule has 1 aromatic rings. The van der Waals surface area contributed by atoms with Crippen molar-refractivity contribution in [3.63, 3.8) is 0 Å². The molecule has 0 atom stereocenters. The van der Waals surface area contributed by atoms with Crippen molar-refractivity contribution in [1.29, 1.82) is 0 Å². The van der Waals surface area contributed by atoms with Gasteiger partial charge in [-0.05, 0) is 68.4 Å². The Morgan fingerprint density at radius 1 is 1.10 bits per heavy atom. The molecule has 1 nitrogen and oxygen atoms in total. The molecule has 1 heteroatoms. The van der Waals surface area contributed by atoms with Crippen molar-refractivity contribution < 1.29 is 4.74 Å². The highest BCUT2D eigenvalue weighted by Gasteiger charge is 2.21. The van der Waals surface area contributed by atoms with Gasteiger partial charge in [0.25, 0.3) is 0 Å². The largest absolute Gasteiger partial charge is 0.380 e. The van der Waals surface area contributed by atoms with E-state index in [-0.39, 0.29) is 0 Å². The van der Waals surface area contributed by atoms with Crippen LogP contribution in [0.1, 0.15) is 62.5 Å². The van der Waals surface area contributed by atoms with Crippen molar-refractivity contribution in [1.82, 2.24) is 0 Å². The van der Waals surface area contributed by atoms with Gasteiger partial charge >= 0.3 is 0 Å². The summed E-state index contributed by atoms with van der Waals surface area (Å²) >= 11 is 0. The summed E-state index contributed by atoms with van der Waals surface area (Å²) < 4.78 is 5.17. The van der Waals surface area contributed by atoms with Crippen LogP contribution in [0.4, 0.5) is 0 Å². The molecule has 20 heavy (non-hydrogen) atoms. The zero-order valence-corrected chi connectivity index (χ0v) is 13.0. The smallest absolute Gasteiger partial charge is 0.0713 e.